The first-order valence-electron chi connectivity index (χ1n) is 8.73. The van der Waals surface area contributed by atoms with Crippen molar-refractivity contribution >= 4 is 5.97 Å². The molecule has 24 heavy (non-hydrogen) atoms. The van der Waals surface area contributed by atoms with Crippen molar-refractivity contribution in [1.29, 1.82) is 0 Å². The molecule has 0 bridgehead atoms. The van der Waals surface area contributed by atoms with Crippen molar-refractivity contribution in [3.8, 4) is 5.75 Å². The number of nitrogens with zero attached hydrogens (tertiary/aromatic N) is 1. The summed E-state index contributed by atoms with van der Waals surface area (Å²) in [5.74, 6) is -0.0506. The van der Waals surface area contributed by atoms with Gasteiger partial charge in [0.15, 0.2) is 11.6 Å². The Morgan fingerprint density at radius 1 is 1.54 bits per heavy atom. The summed E-state index contributed by atoms with van der Waals surface area (Å²) in [5.41, 5.74) is 0.430. The van der Waals surface area contributed by atoms with E-state index in [0.717, 1.165) is 44.3 Å². The molecule has 1 aromatic carbocycles. The van der Waals surface area contributed by atoms with Crippen LogP contribution in [0.2, 0.25) is 0 Å². The molecule has 5 heteroatoms. The Morgan fingerprint density at radius 2 is 2.33 bits per heavy atom. The number of carbonyl (C=O) groups is 1. The van der Waals surface area contributed by atoms with Crippen LogP contribution in [-0.4, -0.2) is 42.7 Å². The average Bonchev–Trinajstić information content (AvgIpc) is 3.05. The van der Waals surface area contributed by atoms with Crippen LogP contribution in [0, 0.1) is 23.1 Å². The maximum absolute atomic E-state index is 13.8. The number of hydrogen-bond acceptors (Lipinski definition) is 3. The minimum Gasteiger partial charge on any atom is -0.494 e. The molecule has 1 aliphatic heterocycles. The first-order valence-corrected chi connectivity index (χ1v) is 8.73. The molecular formula is C19H26FNO3. The number of methoxy groups -OCH3 is 1. The van der Waals surface area contributed by atoms with Gasteiger partial charge < -0.3 is 14.7 Å². The standard InChI is InChI=1S/C19H26FNO3/c1-13(8-14-5-6-17(24-2)16(20)9-14)10-21-11-15-4-3-7-19(15,12-21)18(22)23/h5-6,9,13,15H,3-4,7-8,10-12H2,1-2H3,(H,22,23)/t13?,15-,19+/m0/s1. The Morgan fingerprint density at radius 3 is 2.96 bits per heavy atom. The fourth-order valence-electron chi connectivity index (χ4n) is 4.63. The molecule has 0 spiro atoms. The molecular weight excluding hydrogens is 309 g/mol. The lowest BCUT2D eigenvalue weighted by atomic mass is 9.81. The van der Waals surface area contributed by atoms with E-state index in [1.807, 2.05) is 6.07 Å². The molecule has 1 N–H and O–H groups in total. The van der Waals surface area contributed by atoms with Gasteiger partial charge in [-0.05, 0) is 48.8 Å². The van der Waals surface area contributed by atoms with Gasteiger partial charge in [-0.3, -0.25) is 4.79 Å². The number of halogens is 1. The molecule has 3 atom stereocenters. The molecule has 1 unspecified atom stereocenters. The number of benzene rings is 1. The van der Waals surface area contributed by atoms with Crippen LogP contribution in [0.15, 0.2) is 18.2 Å². The van der Waals surface area contributed by atoms with E-state index in [0.29, 0.717) is 18.4 Å². The molecule has 4 nitrogen and oxygen atoms in total. The highest BCUT2D eigenvalue weighted by Crippen LogP contribution is 2.49. The molecule has 1 aliphatic carbocycles. The maximum atomic E-state index is 13.8. The normalized spacial score (nSPS) is 27.9. The first kappa shape index (κ1) is 17.2. The van der Waals surface area contributed by atoms with Gasteiger partial charge in [-0.15, -0.1) is 0 Å². The third-order valence-corrected chi connectivity index (χ3v) is 5.74. The van der Waals surface area contributed by atoms with Gasteiger partial charge in [-0.2, -0.15) is 0 Å². The largest absolute Gasteiger partial charge is 0.494 e. The maximum Gasteiger partial charge on any atom is 0.311 e. The molecule has 0 aromatic heterocycles. The predicted octanol–water partition coefficient (Wildman–Crippen LogP) is 3.20. The number of carboxylic acids is 1. The highest BCUT2D eigenvalue weighted by molar-refractivity contribution is 5.76. The Hall–Kier alpha value is -1.62. The van der Waals surface area contributed by atoms with Crippen LogP contribution in [-0.2, 0) is 11.2 Å². The lowest BCUT2D eigenvalue weighted by Gasteiger charge is -2.25. The second kappa shape index (κ2) is 6.71. The number of aliphatic carboxylic acids is 1. The third-order valence-electron chi connectivity index (χ3n) is 5.74. The van der Waals surface area contributed by atoms with Gasteiger partial charge in [0, 0.05) is 19.6 Å². The summed E-state index contributed by atoms with van der Waals surface area (Å²) in [6.07, 6.45) is 3.65. The van der Waals surface area contributed by atoms with E-state index >= 15 is 0 Å². The van der Waals surface area contributed by atoms with Crippen LogP contribution >= 0.6 is 0 Å². The summed E-state index contributed by atoms with van der Waals surface area (Å²) in [6, 6.07) is 5.10. The van der Waals surface area contributed by atoms with Gasteiger partial charge in [0.25, 0.3) is 0 Å². The Labute approximate surface area is 142 Å². The molecule has 1 heterocycles. The number of carboxylic acid groups (broad SMARTS) is 1. The summed E-state index contributed by atoms with van der Waals surface area (Å²) < 4.78 is 18.7. The molecule has 1 aromatic rings. The van der Waals surface area contributed by atoms with Gasteiger partial charge in [-0.25, -0.2) is 4.39 Å². The van der Waals surface area contributed by atoms with E-state index in [-0.39, 0.29) is 11.6 Å². The van der Waals surface area contributed by atoms with Crippen LogP contribution in [0.4, 0.5) is 4.39 Å². The topological polar surface area (TPSA) is 49.8 Å². The lowest BCUT2D eigenvalue weighted by molar-refractivity contribution is -0.149. The fourth-order valence-corrected chi connectivity index (χ4v) is 4.63. The number of rotatable bonds is 6. The number of hydrogen-bond donors (Lipinski definition) is 1. The van der Waals surface area contributed by atoms with E-state index < -0.39 is 11.4 Å². The smallest absolute Gasteiger partial charge is 0.311 e. The molecule has 1 saturated carbocycles. The van der Waals surface area contributed by atoms with Crippen molar-refractivity contribution in [3.05, 3.63) is 29.6 Å². The minimum atomic E-state index is -0.627. The van der Waals surface area contributed by atoms with Crippen LogP contribution in [0.1, 0.15) is 31.7 Å². The Bertz CT molecular complexity index is 621. The van der Waals surface area contributed by atoms with Gasteiger partial charge in [-0.1, -0.05) is 19.4 Å². The zero-order valence-corrected chi connectivity index (χ0v) is 14.4. The average molecular weight is 335 g/mol. The van der Waals surface area contributed by atoms with E-state index in [2.05, 4.69) is 11.8 Å². The SMILES string of the molecule is COc1ccc(CC(C)CN2C[C@@H]3CCC[C@@]3(C(=O)O)C2)cc1F. The van der Waals surface area contributed by atoms with Crippen LogP contribution in [0.25, 0.3) is 0 Å². The molecule has 2 fully saturated rings. The molecule has 0 amide bonds. The van der Waals surface area contributed by atoms with Crippen LogP contribution in [0.3, 0.4) is 0 Å². The summed E-state index contributed by atoms with van der Waals surface area (Å²) in [6.45, 7) is 4.55. The summed E-state index contributed by atoms with van der Waals surface area (Å²) >= 11 is 0. The highest BCUT2D eigenvalue weighted by Gasteiger charge is 2.54. The van der Waals surface area contributed by atoms with Crippen LogP contribution < -0.4 is 4.74 Å². The van der Waals surface area contributed by atoms with Crippen molar-refractivity contribution in [3.63, 3.8) is 0 Å². The van der Waals surface area contributed by atoms with Gasteiger partial charge in [0.05, 0.1) is 12.5 Å². The first-order chi connectivity index (χ1) is 11.4. The van der Waals surface area contributed by atoms with Crippen LogP contribution in [0.5, 0.6) is 5.75 Å². The van der Waals surface area contributed by atoms with E-state index in [1.54, 1.807) is 6.07 Å². The van der Waals surface area contributed by atoms with Crippen molar-refractivity contribution in [2.75, 3.05) is 26.7 Å². The zero-order chi connectivity index (χ0) is 17.3. The molecule has 0 radical (unpaired) electrons. The number of fused-ring (bicyclic) bond motifs is 1. The monoisotopic (exact) mass is 335 g/mol. The van der Waals surface area contributed by atoms with Crippen molar-refractivity contribution in [1.82, 2.24) is 4.90 Å². The zero-order valence-electron chi connectivity index (χ0n) is 14.4. The lowest BCUT2D eigenvalue weighted by Crippen LogP contribution is -2.36. The van der Waals surface area contributed by atoms with Crippen molar-refractivity contribution in [2.24, 2.45) is 17.3 Å². The Balaban J connectivity index is 1.59. The van der Waals surface area contributed by atoms with E-state index in [9.17, 15) is 14.3 Å². The predicted molar refractivity (Wildman–Crippen MR) is 89.7 cm³/mol. The van der Waals surface area contributed by atoms with Gasteiger partial charge in [0.1, 0.15) is 0 Å². The number of ether oxygens (including phenoxy) is 1. The summed E-state index contributed by atoms with van der Waals surface area (Å²) in [7, 11) is 1.46. The van der Waals surface area contributed by atoms with Gasteiger partial charge >= 0.3 is 5.97 Å². The third kappa shape index (κ3) is 3.14. The van der Waals surface area contributed by atoms with E-state index in [4.69, 9.17) is 4.74 Å². The molecule has 1 saturated heterocycles. The Kier molecular flexibility index (Phi) is 4.81. The molecule has 132 valence electrons. The fraction of sp³-hybridized carbons (Fsp3) is 0.632. The minimum absolute atomic E-state index is 0.266. The second-order valence-electron chi connectivity index (χ2n) is 7.52. The molecule has 2 aliphatic rings. The number of likely N-dealkylation sites (tertiary alicyclic amines) is 1. The second-order valence-corrected chi connectivity index (χ2v) is 7.52. The quantitative estimate of drug-likeness (QED) is 0.867. The van der Waals surface area contributed by atoms with Crippen molar-refractivity contribution < 1.29 is 19.0 Å². The highest BCUT2D eigenvalue weighted by atomic mass is 19.1. The summed E-state index contributed by atoms with van der Waals surface area (Å²) in [4.78, 5) is 14.0. The summed E-state index contributed by atoms with van der Waals surface area (Å²) in [5, 5.41) is 9.66. The van der Waals surface area contributed by atoms with E-state index in [1.165, 1.54) is 13.2 Å². The van der Waals surface area contributed by atoms with Gasteiger partial charge in [0.2, 0.25) is 0 Å². The molecule has 3 rings (SSSR count). The van der Waals surface area contributed by atoms with Crippen molar-refractivity contribution in [2.45, 2.75) is 32.6 Å².